The number of nitrogens with one attached hydrogen (secondary N) is 1. The van der Waals surface area contributed by atoms with E-state index in [0.717, 1.165) is 0 Å². The first-order valence-corrected chi connectivity index (χ1v) is 9.64. The fourth-order valence-corrected chi connectivity index (χ4v) is 2.86. The molecule has 1 amide bonds. The van der Waals surface area contributed by atoms with Crippen LogP contribution in [0, 0.1) is 0 Å². The summed E-state index contributed by atoms with van der Waals surface area (Å²) in [6.07, 6.45) is 0. The molecule has 0 bridgehead atoms. The molecule has 0 saturated heterocycles. The van der Waals surface area contributed by atoms with E-state index in [0.29, 0.717) is 28.7 Å². The first kappa shape index (κ1) is 22.5. The number of carbonyl (C=O) groups excluding carboxylic acids is 2. The van der Waals surface area contributed by atoms with Crippen molar-refractivity contribution >= 4 is 17.6 Å². The first-order chi connectivity index (χ1) is 15.5. The van der Waals surface area contributed by atoms with Crippen LogP contribution in [0.3, 0.4) is 0 Å². The van der Waals surface area contributed by atoms with Crippen LogP contribution >= 0.6 is 0 Å². The van der Waals surface area contributed by atoms with Crippen molar-refractivity contribution in [2.24, 2.45) is 0 Å². The van der Waals surface area contributed by atoms with Gasteiger partial charge in [-0.15, -0.1) is 0 Å². The van der Waals surface area contributed by atoms with E-state index in [1.165, 1.54) is 33.5 Å². The Morgan fingerprint density at radius 2 is 1.38 bits per heavy atom. The lowest BCUT2D eigenvalue weighted by atomic mass is 10.1. The number of hydrogen-bond acceptors (Lipinski definition) is 7. The molecule has 0 aliphatic heterocycles. The number of para-hydroxylation sites is 3. The average Bonchev–Trinajstić information content (AvgIpc) is 2.83. The Hall–Kier alpha value is -4.20. The van der Waals surface area contributed by atoms with E-state index in [1.54, 1.807) is 36.4 Å². The molecule has 0 heterocycles. The van der Waals surface area contributed by atoms with Crippen LogP contribution in [0.25, 0.3) is 0 Å². The lowest BCUT2D eigenvalue weighted by Crippen LogP contribution is -2.21. The van der Waals surface area contributed by atoms with Crippen LogP contribution in [0.4, 0.5) is 5.69 Å². The van der Waals surface area contributed by atoms with Crippen LogP contribution in [0.1, 0.15) is 10.4 Å². The van der Waals surface area contributed by atoms with Gasteiger partial charge in [-0.1, -0.05) is 30.3 Å². The van der Waals surface area contributed by atoms with Crippen molar-refractivity contribution in [3.8, 4) is 28.7 Å². The first-order valence-electron chi connectivity index (χ1n) is 9.64. The Kier molecular flexibility index (Phi) is 7.53. The fourth-order valence-electron chi connectivity index (χ4n) is 2.86. The Morgan fingerprint density at radius 1 is 0.750 bits per heavy atom. The predicted octanol–water partition coefficient (Wildman–Crippen LogP) is 4.30. The summed E-state index contributed by atoms with van der Waals surface area (Å²) in [6.45, 7) is -0.504. The number of amides is 1. The molecule has 0 spiro atoms. The Morgan fingerprint density at radius 3 is 2.06 bits per heavy atom. The normalized spacial score (nSPS) is 10.1. The topological polar surface area (TPSA) is 92.3 Å². The van der Waals surface area contributed by atoms with Gasteiger partial charge >= 0.3 is 5.97 Å². The molecule has 8 nitrogen and oxygen atoms in total. The van der Waals surface area contributed by atoms with E-state index < -0.39 is 18.5 Å². The molecule has 0 saturated carbocycles. The molecule has 0 aliphatic rings. The Balaban J connectivity index is 1.66. The zero-order valence-electron chi connectivity index (χ0n) is 17.9. The van der Waals surface area contributed by atoms with E-state index in [-0.39, 0.29) is 11.3 Å². The van der Waals surface area contributed by atoms with Crippen LogP contribution in [0.15, 0.2) is 66.7 Å². The molecule has 3 aromatic rings. The standard InChI is InChI=1S/C24H23NO7/c1-28-20-14-22(30-3)21(29-2)13-17(20)24(27)31-15-23(26)25-18-11-7-8-12-19(18)32-16-9-5-4-6-10-16/h4-14H,15H2,1-3H3,(H,25,26). The minimum absolute atomic E-state index is 0.103. The molecule has 0 radical (unpaired) electrons. The van der Waals surface area contributed by atoms with Crippen LogP contribution in [-0.2, 0) is 9.53 Å². The molecular weight excluding hydrogens is 414 g/mol. The molecule has 166 valence electrons. The average molecular weight is 437 g/mol. The molecule has 8 heteroatoms. The fraction of sp³-hybridized carbons (Fsp3) is 0.167. The van der Waals surface area contributed by atoms with Crippen molar-refractivity contribution < 1.29 is 33.3 Å². The number of hydrogen-bond donors (Lipinski definition) is 1. The van der Waals surface area contributed by atoms with Crippen molar-refractivity contribution in [3.63, 3.8) is 0 Å². The molecular formula is C24H23NO7. The number of benzene rings is 3. The third kappa shape index (κ3) is 5.48. The molecule has 0 unspecified atom stereocenters. The minimum Gasteiger partial charge on any atom is -0.496 e. The molecule has 3 aromatic carbocycles. The summed E-state index contributed by atoms with van der Waals surface area (Å²) in [6, 6.07) is 19.1. The number of methoxy groups -OCH3 is 3. The second kappa shape index (κ2) is 10.7. The minimum atomic E-state index is -0.744. The molecule has 0 atom stereocenters. The van der Waals surface area contributed by atoms with E-state index >= 15 is 0 Å². The zero-order chi connectivity index (χ0) is 22.9. The van der Waals surface area contributed by atoms with Gasteiger partial charge in [0.05, 0.1) is 27.0 Å². The number of ether oxygens (including phenoxy) is 5. The maximum absolute atomic E-state index is 12.6. The second-order valence-corrected chi connectivity index (χ2v) is 6.44. The Bertz CT molecular complexity index is 1080. The zero-order valence-corrected chi connectivity index (χ0v) is 17.9. The predicted molar refractivity (Wildman–Crippen MR) is 118 cm³/mol. The van der Waals surface area contributed by atoms with E-state index in [4.69, 9.17) is 23.7 Å². The van der Waals surface area contributed by atoms with Crippen molar-refractivity contribution in [1.82, 2.24) is 0 Å². The smallest absolute Gasteiger partial charge is 0.342 e. The monoisotopic (exact) mass is 437 g/mol. The van der Waals surface area contributed by atoms with E-state index in [2.05, 4.69) is 5.32 Å². The van der Waals surface area contributed by atoms with Gasteiger partial charge in [0.15, 0.2) is 23.9 Å². The van der Waals surface area contributed by atoms with Crippen LogP contribution < -0.4 is 24.3 Å². The molecule has 0 aromatic heterocycles. The molecule has 1 N–H and O–H groups in total. The van der Waals surface area contributed by atoms with Gasteiger partial charge < -0.3 is 29.0 Å². The summed E-state index contributed by atoms with van der Waals surface area (Å²) >= 11 is 0. The summed E-state index contributed by atoms with van der Waals surface area (Å²) in [4.78, 5) is 25.0. The molecule has 0 aliphatic carbocycles. The van der Waals surface area contributed by atoms with Crippen LogP contribution in [0.5, 0.6) is 28.7 Å². The summed E-state index contributed by atoms with van der Waals surface area (Å²) in [5, 5.41) is 2.69. The summed E-state index contributed by atoms with van der Waals surface area (Å²) in [5.41, 5.74) is 0.548. The number of esters is 1. The highest BCUT2D eigenvalue weighted by molar-refractivity contribution is 5.98. The van der Waals surface area contributed by atoms with Gasteiger partial charge in [-0.25, -0.2) is 4.79 Å². The van der Waals surface area contributed by atoms with Gasteiger partial charge in [-0.05, 0) is 24.3 Å². The summed E-state index contributed by atoms with van der Waals surface area (Å²) in [7, 11) is 4.33. The Labute approximate surface area is 185 Å². The van der Waals surface area contributed by atoms with Gasteiger partial charge in [-0.3, -0.25) is 4.79 Å². The SMILES string of the molecule is COc1cc(OC)c(C(=O)OCC(=O)Nc2ccccc2Oc2ccccc2)cc1OC. The highest BCUT2D eigenvalue weighted by Crippen LogP contribution is 2.35. The van der Waals surface area contributed by atoms with E-state index in [1.807, 2.05) is 18.2 Å². The quantitative estimate of drug-likeness (QED) is 0.499. The van der Waals surface area contributed by atoms with Crippen LogP contribution in [0.2, 0.25) is 0 Å². The van der Waals surface area contributed by atoms with E-state index in [9.17, 15) is 9.59 Å². The van der Waals surface area contributed by atoms with Crippen molar-refractivity contribution in [2.75, 3.05) is 33.3 Å². The van der Waals surface area contributed by atoms with Crippen molar-refractivity contribution in [1.29, 1.82) is 0 Å². The van der Waals surface area contributed by atoms with Crippen LogP contribution in [-0.4, -0.2) is 39.8 Å². The maximum Gasteiger partial charge on any atom is 0.342 e. The lowest BCUT2D eigenvalue weighted by Gasteiger charge is -2.14. The lowest BCUT2D eigenvalue weighted by molar-refractivity contribution is -0.119. The third-order valence-corrected chi connectivity index (χ3v) is 4.39. The second-order valence-electron chi connectivity index (χ2n) is 6.44. The summed E-state index contributed by atoms with van der Waals surface area (Å²) in [5.74, 6) is 0.773. The number of carbonyl (C=O) groups is 2. The van der Waals surface area contributed by atoms with Crippen molar-refractivity contribution in [3.05, 3.63) is 72.3 Å². The molecule has 32 heavy (non-hydrogen) atoms. The van der Waals surface area contributed by atoms with Gasteiger partial charge in [0, 0.05) is 12.1 Å². The van der Waals surface area contributed by atoms with Gasteiger partial charge in [0.1, 0.15) is 17.1 Å². The summed E-state index contributed by atoms with van der Waals surface area (Å²) < 4.78 is 26.6. The largest absolute Gasteiger partial charge is 0.496 e. The molecule has 3 rings (SSSR count). The van der Waals surface area contributed by atoms with Gasteiger partial charge in [0.2, 0.25) is 0 Å². The third-order valence-electron chi connectivity index (χ3n) is 4.39. The highest BCUT2D eigenvalue weighted by atomic mass is 16.5. The highest BCUT2D eigenvalue weighted by Gasteiger charge is 2.20. The van der Waals surface area contributed by atoms with Gasteiger partial charge in [-0.2, -0.15) is 0 Å². The van der Waals surface area contributed by atoms with Crippen molar-refractivity contribution in [2.45, 2.75) is 0 Å². The number of rotatable bonds is 9. The number of anilines is 1. The molecule has 0 fully saturated rings. The maximum atomic E-state index is 12.6. The van der Waals surface area contributed by atoms with Gasteiger partial charge in [0.25, 0.3) is 5.91 Å².